The minimum atomic E-state index is -0.253. The first-order chi connectivity index (χ1) is 9.70. The topological polar surface area (TPSA) is 26.0 Å². The zero-order valence-electron chi connectivity index (χ0n) is 13.4. The Morgan fingerprint density at radius 1 is 1.29 bits per heavy atom. The Morgan fingerprint density at radius 3 is 2.67 bits per heavy atom. The first kappa shape index (κ1) is 16.8. The van der Waals surface area contributed by atoms with Crippen molar-refractivity contribution < 1.29 is 4.39 Å². The zero-order chi connectivity index (χ0) is 15.7. The van der Waals surface area contributed by atoms with E-state index in [0.29, 0.717) is 22.8 Å². The fraction of sp³-hybridized carbons (Fsp3) is 0.667. The van der Waals surface area contributed by atoms with Crippen LogP contribution in [0.3, 0.4) is 0 Å². The van der Waals surface area contributed by atoms with E-state index in [1.165, 1.54) is 18.6 Å². The molecule has 3 heteroatoms. The van der Waals surface area contributed by atoms with Crippen molar-refractivity contribution in [3.8, 4) is 0 Å². The van der Waals surface area contributed by atoms with Crippen molar-refractivity contribution >= 4 is 11.6 Å². The molecular weight excluding hydrogens is 285 g/mol. The van der Waals surface area contributed by atoms with Gasteiger partial charge in [0.1, 0.15) is 5.82 Å². The molecule has 1 saturated carbocycles. The maximum Gasteiger partial charge on any atom is 0.123 e. The molecule has 2 atom stereocenters. The molecule has 118 valence electrons. The van der Waals surface area contributed by atoms with Crippen LogP contribution in [0.1, 0.15) is 58.4 Å². The molecule has 1 fully saturated rings. The van der Waals surface area contributed by atoms with Crippen molar-refractivity contribution in [3.63, 3.8) is 0 Å². The summed E-state index contributed by atoms with van der Waals surface area (Å²) in [6, 6.07) is 4.56. The van der Waals surface area contributed by atoms with Crippen molar-refractivity contribution in [1.82, 2.24) is 0 Å². The Kier molecular flexibility index (Phi) is 4.99. The average molecular weight is 312 g/mol. The maximum atomic E-state index is 13.4. The van der Waals surface area contributed by atoms with Crippen molar-refractivity contribution in [2.45, 2.75) is 64.8 Å². The lowest BCUT2D eigenvalue weighted by Gasteiger charge is -2.31. The van der Waals surface area contributed by atoms with Crippen molar-refractivity contribution in [1.29, 1.82) is 0 Å². The van der Waals surface area contributed by atoms with Gasteiger partial charge in [-0.05, 0) is 67.2 Å². The molecule has 1 aromatic carbocycles. The lowest BCUT2D eigenvalue weighted by atomic mass is 9.76. The van der Waals surface area contributed by atoms with Gasteiger partial charge in [-0.2, -0.15) is 0 Å². The molecule has 1 aliphatic carbocycles. The third-order valence-corrected chi connectivity index (χ3v) is 5.36. The minimum Gasteiger partial charge on any atom is -0.325 e. The molecule has 0 amide bonds. The SMILES string of the molecule is CC(C)(C)C1CCCC(N)(Cc2cc(F)ccc2Cl)CC1. The second-order valence-corrected chi connectivity index (χ2v) is 8.18. The van der Waals surface area contributed by atoms with E-state index in [0.717, 1.165) is 31.2 Å². The van der Waals surface area contributed by atoms with Crippen LogP contribution in [-0.4, -0.2) is 5.54 Å². The van der Waals surface area contributed by atoms with Crippen LogP contribution in [0.25, 0.3) is 0 Å². The fourth-order valence-corrected chi connectivity index (χ4v) is 3.72. The summed E-state index contributed by atoms with van der Waals surface area (Å²) < 4.78 is 13.4. The molecule has 0 saturated heterocycles. The number of halogens is 2. The highest BCUT2D eigenvalue weighted by atomic mass is 35.5. The summed E-state index contributed by atoms with van der Waals surface area (Å²) in [7, 11) is 0. The second-order valence-electron chi connectivity index (χ2n) is 7.77. The molecule has 0 aromatic heterocycles. The summed E-state index contributed by atoms with van der Waals surface area (Å²) >= 11 is 6.20. The van der Waals surface area contributed by atoms with Crippen molar-refractivity contribution in [2.24, 2.45) is 17.1 Å². The molecular formula is C18H27ClFN. The number of benzene rings is 1. The summed E-state index contributed by atoms with van der Waals surface area (Å²) in [6.45, 7) is 6.93. The van der Waals surface area contributed by atoms with Gasteiger partial charge in [0.25, 0.3) is 0 Å². The van der Waals surface area contributed by atoms with Crippen LogP contribution in [0.4, 0.5) is 4.39 Å². The van der Waals surface area contributed by atoms with E-state index in [9.17, 15) is 4.39 Å². The first-order valence-corrected chi connectivity index (χ1v) is 8.30. The van der Waals surface area contributed by atoms with E-state index in [-0.39, 0.29) is 11.4 Å². The number of rotatable bonds is 2. The van der Waals surface area contributed by atoms with Gasteiger partial charge in [0, 0.05) is 10.6 Å². The number of hydrogen-bond donors (Lipinski definition) is 1. The molecule has 1 aliphatic rings. The predicted molar refractivity (Wildman–Crippen MR) is 88.1 cm³/mol. The normalized spacial score (nSPS) is 27.4. The first-order valence-electron chi connectivity index (χ1n) is 7.92. The lowest BCUT2D eigenvalue weighted by Crippen LogP contribution is -2.41. The molecule has 1 aromatic rings. The molecule has 1 nitrogen and oxygen atoms in total. The van der Waals surface area contributed by atoms with Gasteiger partial charge in [-0.3, -0.25) is 0 Å². The van der Waals surface area contributed by atoms with Gasteiger partial charge in [0.2, 0.25) is 0 Å². The van der Waals surface area contributed by atoms with E-state index in [4.69, 9.17) is 17.3 Å². The number of nitrogens with two attached hydrogens (primary N) is 1. The Morgan fingerprint density at radius 2 is 2.00 bits per heavy atom. The highest BCUT2D eigenvalue weighted by molar-refractivity contribution is 6.31. The van der Waals surface area contributed by atoms with Crippen LogP contribution < -0.4 is 5.73 Å². The van der Waals surface area contributed by atoms with Gasteiger partial charge in [-0.25, -0.2) is 4.39 Å². The quantitative estimate of drug-likeness (QED) is 0.732. The molecule has 2 unspecified atom stereocenters. The molecule has 0 heterocycles. The van der Waals surface area contributed by atoms with Gasteiger partial charge >= 0.3 is 0 Å². The molecule has 2 rings (SSSR count). The maximum absolute atomic E-state index is 13.4. The number of hydrogen-bond acceptors (Lipinski definition) is 1. The predicted octanol–water partition coefficient (Wildman–Crippen LogP) is 5.35. The third-order valence-electron chi connectivity index (χ3n) is 4.99. The van der Waals surface area contributed by atoms with Crippen LogP contribution in [0.2, 0.25) is 5.02 Å². The summed E-state index contributed by atoms with van der Waals surface area (Å²) in [5.41, 5.74) is 7.56. The standard InChI is InChI=1S/C18H27ClFN/c1-17(2,3)14-5-4-9-18(21,10-8-14)12-13-11-15(20)6-7-16(13)19/h6-7,11,14H,4-5,8-10,12,21H2,1-3H3. The fourth-order valence-electron chi connectivity index (χ4n) is 3.53. The Bertz CT molecular complexity index is 494. The Labute approximate surface area is 133 Å². The van der Waals surface area contributed by atoms with Crippen molar-refractivity contribution in [2.75, 3.05) is 0 Å². The van der Waals surface area contributed by atoms with Crippen LogP contribution >= 0.6 is 11.6 Å². The molecule has 0 aliphatic heterocycles. The summed E-state index contributed by atoms with van der Waals surface area (Å²) in [5.74, 6) is 0.477. The van der Waals surface area contributed by atoms with E-state index in [1.54, 1.807) is 6.07 Å². The van der Waals surface area contributed by atoms with Gasteiger partial charge < -0.3 is 5.73 Å². The Hall–Kier alpha value is -0.600. The highest BCUT2D eigenvalue weighted by Crippen LogP contribution is 2.40. The van der Waals surface area contributed by atoms with E-state index >= 15 is 0 Å². The van der Waals surface area contributed by atoms with Gasteiger partial charge in [0.15, 0.2) is 0 Å². The Balaban J connectivity index is 2.10. The van der Waals surface area contributed by atoms with Crippen molar-refractivity contribution in [3.05, 3.63) is 34.6 Å². The minimum absolute atomic E-state index is 0.237. The van der Waals surface area contributed by atoms with Gasteiger partial charge in [-0.1, -0.05) is 38.8 Å². The third kappa shape index (κ3) is 4.43. The van der Waals surface area contributed by atoms with E-state index in [1.807, 2.05) is 0 Å². The van der Waals surface area contributed by atoms with Crippen LogP contribution in [0.15, 0.2) is 18.2 Å². The van der Waals surface area contributed by atoms with Crippen LogP contribution in [-0.2, 0) is 6.42 Å². The molecule has 21 heavy (non-hydrogen) atoms. The van der Waals surface area contributed by atoms with Crippen LogP contribution in [0.5, 0.6) is 0 Å². The lowest BCUT2D eigenvalue weighted by molar-refractivity contribution is 0.210. The summed E-state index contributed by atoms with van der Waals surface area (Å²) in [4.78, 5) is 0. The monoisotopic (exact) mass is 311 g/mol. The highest BCUT2D eigenvalue weighted by Gasteiger charge is 2.34. The zero-order valence-corrected chi connectivity index (χ0v) is 14.1. The van der Waals surface area contributed by atoms with Gasteiger partial charge in [0.05, 0.1) is 0 Å². The summed E-state index contributed by atoms with van der Waals surface area (Å²) in [6.07, 6.45) is 6.17. The molecule has 0 spiro atoms. The second kappa shape index (κ2) is 6.26. The van der Waals surface area contributed by atoms with E-state index < -0.39 is 0 Å². The molecule has 2 N–H and O–H groups in total. The smallest absolute Gasteiger partial charge is 0.123 e. The van der Waals surface area contributed by atoms with Crippen LogP contribution in [0, 0.1) is 17.2 Å². The summed E-state index contributed by atoms with van der Waals surface area (Å²) in [5, 5.41) is 0.623. The van der Waals surface area contributed by atoms with Gasteiger partial charge in [-0.15, -0.1) is 0 Å². The molecule has 0 radical (unpaired) electrons. The average Bonchev–Trinajstić information content (AvgIpc) is 2.55. The van der Waals surface area contributed by atoms with E-state index in [2.05, 4.69) is 20.8 Å². The molecule has 0 bridgehead atoms. The largest absolute Gasteiger partial charge is 0.325 e.